The van der Waals surface area contributed by atoms with Gasteiger partial charge in [-0.15, -0.1) is 0 Å². The van der Waals surface area contributed by atoms with Crippen LogP contribution in [0, 0.1) is 5.82 Å². The van der Waals surface area contributed by atoms with E-state index in [1.54, 1.807) is 25.5 Å². The van der Waals surface area contributed by atoms with E-state index in [-0.39, 0.29) is 5.82 Å². The molecule has 4 nitrogen and oxygen atoms in total. The Hall–Kier alpha value is -2.01. The van der Waals surface area contributed by atoms with E-state index in [4.69, 9.17) is 0 Å². The van der Waals surface area contributed by atoms with Crippen LogP contribution in [0.2, 0.25) is 0 Å². The molecule has 0 unspecified atom stereocenters. The van der Waals surface area contributed by atoms with E-state index < -0.39 is 0 Å². The molecule has 2 rings (SSSR count). The number of hydrogen-bond donors (Lipinski definition) is 2. The van der Waals surface area contributed by atoms with Gasteiger partial charge in [0.05, 0.1) is 18.1 Å². The van der Waals surface area contributed by atoms with Crippen molar-refractivity contribution >= 4 is 5.82 Å². The first kappa shape index (κ1) is 13.4. The van der Waals surface area contributed by atoms with Gasteiger partial charge < -0.3 is 10.6 Å². The molecule has 0 spiro atoms. The SMILES string of the molecule is CCNCc1c(F)cccc1-c1cncc(NC)n1. The van der Waals surface area contributed by atoms with Gasteiger partial charge in [0.1, 0.15) is 11.6 Å². The molecular formula is C14H17FN4. The van der Waals surface area contributed by atoms with Crippen LogP contribution in [0.4, 0.5) is 10.2 Å². The van der Waals surface area contributed by atoms with Gasteiger partial charge in [0.25, 0.3) is 0 Å². The zero-order chi connectivity index (χ0) is 13.7. The second-order valence-electron chi connectivity index (χ2n) is 4.09. The van der Waals surface area contributed by atoms with E-state index in [1.807, 2.05) is 13.0 Å². The van der Waals surface area contributed by atoms with Crippen molar-refractivity contribution in [3.8, 4) is 11.3 Å². The molecule has 0 saturated carbocycles. The third-order valence-corrected chi connectivity index (χ3v) is 2.84. The minimum atomic E-state index is -0.227. The van der Waals surface area contributed by atoms with Gasteiger partial charge in [-0.1, -0.05) is 19.1 Å². The fraction of sp³-hybridized carbons (Fsp3) is 0.286. The molecule has 100 valence electrons. The molecule has 0 aliphatic heterocycles. The lowest BCUT2D eigenvalue weighted by atomic mass is 10.0. The van der Waals surface area contributed by atoms with Crippen molar-refractivity contribution in [1.29, 1.82) is 0 Å². The lowest BCUT2D eigenvalue weighted by Crippen LogP contribution is -2.14. The fourth-order valence-electron chi connectivity index (χ4n) is 1.84. The molecule has 1 aromatic carbocycles. The lowest BCUT2D eigenvalue weighted by Gasteiger charge is -2.11. The highest BCUT2D eigenvalue weighted by atomic mass is 19.1. The van der Waals surface area contributed by atoms with Crippen molar-refractivity contribution in [3.63, 3.8) is 0 Å². The molecule has 2 N–H and O–H groups in total. The zero-order valence-electron chi connectivity index (χ0n) is 11.1. The Kier molecular flexibility index (Phi) is 4.41. The summed E-state index contributed by atoms with van der Waals surface area (Å²) in [5.41, 5.74) is 2.05. The predicted octanol–water partition coefficient (Wildman–Crippen LogP) is 2.43. The van der Waals surface area contributed by atoms with Crippen molar-refractivity contribution in [2.75, 3.05) is 18.9 Å². The Balaban J connectivity index is 2.45. The van der Waals surface area contributed by atoms with Gasteiger partial charge >= 0.3 is 0 Å². The molecule has 0 bridgehead atoms. The summed E-state index contributed by atoms with van der Waals surface area (Å²) >= 11 is 0. The summed E-state index contributed by atoms with van der Waals surface area (Å²) in [6.07, 6.45) is 3.28. The number of benzene rings is 1. The van der Waals surface area contributed by atoms with E-state index in [9.17, 15) is 4.39 Å². The normalized spacial score (nSPS) is 10.5. The van der Waals surface area contributed by atoms with E-state index >= 15 is 0 Å². The van der Waals surface area contributed by atoms with Crippen LogP contribution in [-0.4, -0.2) is 23.6 Å². The van der Waals surface area contributed by atoms with Gasteiger partial charge in [-0.3, -0.25) is 4.98 Å². The van der Waals surface area contributed by atoms with Crippen LogP contribution in [0.5, 0.6) is 0 Å². The largest absolute Gasteiger partial charge is 0.372 e. The summed E-state index contributed by atoms with van der Waals surface area (Å²) in [5, 5.41) is 6.07. The van der Waals surface area contributed by atoms with Crippen LogP contribution in [-0.2, 0) is 6.54 Å². The highest BCUT2D eigenvalue weighted by Gasteiger charge is 2.11. The van der Waals surface area contributed by atoms with E-state index in [0.717, 1.165) is 12.1 Å². The van der Waals surface area contributed by atoms with Gasteiger partial charge in [-0.05, 0) is 12.6 Å². The molecule has 0 fully saturated rings. The van der Waals surface area contributed by atoms with Crippen LogP contribution < -0.4 is 10.6 Å². The third-order valence-electron chi connectivity index (χ3n) is 2.84. The Morgan fingerprint density at radius 2 is 2.11 bits per heavy atom. The molecule has 0 atom stereocenters. The first-order valence-corrected chi connectivity index (χ1v) is 6.24. The monoisotopic (exact) mass is 260 g/mol. The molecule has 19 heavy (non-hydrogen) atoms. The molecule has 5 heteroatoms. The second kappa shape index (κ2) is 6.24. The minimum absolute atomic E-state index is 0.227. The number of anilines is 1. The van der Waals surface area contributed by atoms with E-state index in [0.29, 0.717) is 23.6 Å². The van der Waals surface area contributed by atoms with Crippen molar-refractivity contribution < 1.29 is 4.39 Å². The first-order valence-electron chi connectivity index (χ1n) is 6.24. The maximum atomic E-state index is 13.9. The smallest absolute Gasteiger partial charge is 0.144 e. The molecule has 1 aromatic heterocycles. The molecule has 0 aliphatic carbocycles. The Labute approximate surface area is 112 Å². The van der Waals surface area contributed by atoms with Crippen LogP contribution in [0.1, 0.15) is 12.5 Å². The summed E-state index contributed by atoms with van der Waals surface area (Å²) in [6, 6.07) is 5.01. The average Bonchev–Trinajstić information content (AvgIpc) is 2.46. The van der Waals surface area contributed by atoms with Gasteiger partial charge in [-0.2, -0.15) is 0 Å². The van der Waals surface area contributed by atoms with E-state index in [1.165, 1.54) is 6.07 Å². The molecule has 0 saturated heterocycles. The maximum Gasteiger partial charge on any atom is 0.144 e. The minimum Gasteiger partial charge on any atom is -0.372 e. The first-order chi connectivity index (χ1) is 9.26. The summed E-state index contributed by atoms with van der Waals surface area (Å²) in [7, 11) is 1.78. The third kappa shape index (κ3) is 3.06. The summed E-state index contributed by atoms with van der Waals surface area (Å²) in [4.78, 5) is 8.52. The molecule has 0 radical (unpaired) electrons. The molecule has 0 aliphatic rings. The van der Waals surface area contributed by atoms with Crippen LogP contribution >= 0.6 is 0 Å². The van der Waals surface area contributed by atoms with Crippen molar-refractivity contribution in [2.24, 2.45) is 0 Å². The maximum absolute atomic E-state index is 13.9. The van der Waals surface area contributed by atoms with Gasteiger partial charge in [0, 0.05) is 24.7 Å². The predicted molar refractivity (Wildman–Crippen MR) is 74.4 cm³/mol. The number of nitrogens with one attached hydrogen (secondary N) is 2. The van der Waals surface area contributed by atoms with Crippen molar-refractivity contribution in [3.05, 3.63) is 42.0 Å². The van der Waals surface area contributed by atoms with Crippen LogP contribution in [0.15, 0.2) is 30.6 Å². The highest BCUT2D eigenvalue weighted by molar-refractivity contribution is 5.64. The quantitative estimate of drug-likeness (QED) is 0.867. The van der Waals surface area contributed by atoms with Gasteiger partial charge in [0.15, 0.2) is 0 Å². The molecule has 2 aromatic rings. The van der Waals surface area contributed by atoms with Gasteiger partial charge in [-0.25, -0.2) is 9.37 Å². The number of nitrogens with zero attached hydrogens (tertiary/aromatic N) is 2. The van der Waals surface area contributed by atoms with Crippen LogP contribution in [0.3, 0.4) is 0 Å². The topological polar surface area (TPSA) is 49.8 Å². The molecular weight excluding hydrogens is 243 g/mol. The average molecular weight is 260 g/mol. The van der Waals surface area contributed by atoms with Crippen molar-refractivity contribution in [1.82, 2.24) is 15.3 Å². The summed E-state index contributed by atoms with van der Waals surface area (Å²) < 4.78 is 13.9. The summed E-state index contributed by atoms with van der Waals surface area (Å²) in [5.74, 6) is 0.436. The lowest BCUT2D eigenvalue weighted by molar-refractivity contribution is 0.594. The molecule has 1 heterocycles. The Morgan fingerprint density at radius 1 is 1.26 bits per heavy atom. The molecule has 0 amide bonds. The van der Waals surface area contributed by atoms with E-state index in [2.05, 4.69) is 20.6 Å². The fourth-order valence-corrected chi connectivity index (χ4v) is 1.84. The number of halogens is 1. The number of rotatable bonds is 5. The van der Waals surface area contributed by atoms with Gasteiger partial charge in [0.2, 0.25) is 0 Å². The number of hydrogen-bond acceptors (Lipinski definition) is 4. The summed E-state index contributed by atoms with van der Waals surface area (Å²) in [6.45, 7) is 3.25. The highest BCUT2D eigenvalue weighted by Crippen LogP contribution is 2.24. The zero-order valence-corrected chi connectivity index (χ0v) is 11.1. The second-order valence-corrected chi connectivity index (χ2v) is 4.09. The van der Waals surface area contributed by atoms with Crippen molar-refractivity contribution in [2.45, 2.75) is 13.5 Å². The Morgan fingerprint density at radius 3 is 2.84 bits per heavy atom. The Bertz CT molecular complexity index is 557. The van der Waals surface area contributed by atoms with Crippen LogP contribution in [0.25, 0.3) is 11.3 Å². The standard InChI is InChI=1S/C14H17FN4/c1-3-17-7-11-10(5-4-6-12(11)15)13-8-18-9-14(16-2)19-13/h4-6,8-9,17H,3,7H2,1-2H3,(H,16,19). The number of aromatic nitrogens is 2.